The van der Waals surface area contributed by atoms with Gasteiger partial charge in [0, 0.05) is 30.2 Å². The Bertz CT molecular complexity index is 1080. The van der Waals surface area contributed by atoms with Crippen molar-refractivity contribution in [1.29, 1.82) is 0 Å². The Labute approximate surface area is 162 Å². The highest BCUT2D eigenvalue weighted by atomic mass is 16.6. The fourth-order valence-corrected chi connectivity index (χ4v) is 2.25. The molecule has 0 spiro atoms. The molecule has 3 aromatic rings. The van der Waals surface area contributed by atoms with Gasteiger partial charge in [-0.1, -0.05) is 6.07 Å². The van der Waals surface area contributed by atoms with Crippen LogP contribution in [0.2, 0.25) is 0 Å². The lowest BCUT2D eigenvalue weighted by Crippen LogP contribution is -2.30. The number of amides is 1. The standard InChI is InChI=1S/C16H12N8O5/c25-16(10-3-2-6-17-8-10)22-21-15-13(24(28)29)14(18-9-19-15)20-11-4-1-5-12(7-11)23(26)27/h1-9H,(H,22,25)(H2,18,19,20,21). The normalized spacial score (nSPS) is 10.1. The van der Waals surface area contributed by atoms with E-state index in [-0.39, 0.29) is 28.6 Å². The Hall–Kier alpha value is -4.68. The van der Waals surface area contributed by atoms with Crippen molar-refractivity contribution in [3.8, 4) is 0 Å². The van der Waals surface area contributed by atoms with Crippen LogP contribution in [0.25, 0.3) is 0 Å². The van der Waals surface area contributed by atoms with Gasteiger partial charge < -0.3 is 5.32 Å². The first-order valence-corrected chi connectivity index (χ1v) is 7.93. The lowest BCUT2D eigenvalue weighted by molar-refractivity contribution is -0.384. The first kappa shape index (κ1) is 19.1. The minimum atomic E-state index is -0.752. The van der Waals surface area contributed by atoms with E-state index >= 15 is 0 Å². The number of rotatable bonds is 7. The minimum absolute atomic E-state index is 0.200. The molecular weight excluding hydrogens is 384 g/mol. The van der Waals surface area contributed by atoms with Gasteiger partial charge in [0.2, 0.25) is 11.6 Å². The van der Waals surface area contributed by atoms with Gasteiger partial charge in [-0.05, 0) is 18.2 Å². The van der Waals surface area contributed by atoms with Gasteiger partial charge in [0.25, 0.3) is 11.6 Å². The van der Waals surface area contributed by atoms with E-state index < -0.39 is 21.4 Å². The number of pyridine rings is 1. The molecule has 13 heteroatoms. The predicted octanol–water partition coefficient (Wildman–Crippen LogP) is 2.19. The third kappa shape index (κ3) is 4.54. The summed E-state index contributed by atoms with van der Waals surface area (Å²) in [7, 11) is 0. The Balaban J connectivity index is 1.84. The number of hydrogen-bond acceptors (Lipinski definition) is 10. The maximum Gasteiger partial charge on any atom is 0.355 e. The van der Waals surface area contributed by atoms with Crippen molar-refractivity contribution in [3.05, 3.63) is 80.9 Å². The molecule has 0 bridgehead atoms. The number of nitrogens with one attached hydrogen (secondary N) is 3. The van der Waals surface area contributed by atoms with Crippen molar-refractivity contribution < 1.29 is 14.6 Å². The summed E-state index contributed by atoms with van der Waals surface area (Å²) >= 11 is 0. The molecule has 0 aliphatic heterocycles. The maximum atomic E-state index is 12.1. The van der Waals surface area contributed by atoms with E-state index in [2.05, 4.69) is 31.1 Å². The molecule has 3 rings (SSSR count). The van der Waals surface area contributed by atoms with Gasteiger partial charge >= 0.3 is 5.69 Å². The van der Waals surface area contributed by atoms with Crippen molar-refractivity contribution in [2.75, 3.05) is 10.7 Å². The van der Waals surface area contributed by atoms with Crippen molar-refractivity contribution in [1.82, 2.24) is 20.4 Å². The second-order valence-corrected chi connectivity index (χ2v) is 5.43. The number of carbonyl (C=O) groups excluding carboxylic acids is 1. The van der Waals surface area contributed by atoms with Crippen LogP contribution in [0.4, 0.5) is 28.7 Å². The third-order valence-corrected chi connectivity index (χ3v) is 3.54. The van der Waals surface area contributed by atoms with Crippen LogP contribution in [0.15, 0.2) is 55.1 Å². The maximum absolute atomic E-state index is 12.1. The van der Waals surface area contributed by atoms with Crippen LogP contribution in [-0.4, -0.2) is 30.7 Å². The molecule has 2 aromatic heterocycles. The average molecular weight is 396 g/mol. The van der Waals surface area contributed by atoms with Gasteiger partial charge in [-0.15, -0.1) is 0 Å². The van der Waals surface area contributed by atoms with Gasteiger partial charge in [-0.2, -0.15) is 0 Å². The van der Waals surface area contributed by atoms with E-state index in [1.165, 1.54) is 42.7 Å². The number of carbonyl (C=O) groups is 1. The molecule has 2 heterocycles. The van der Waals surface area contributed by atoms with Crippen molar-refractivity contribution in [2.45, 2.75) is 0 Å². The number of hydrogen-bond donors (Lipinski definition) is 3. The molecular formula is C16H12N8O5. The molecule has 0 fully saturated rings. The monoisotopic (exact) mass is 396 g/mol. The van der Waals surface area contributed by atoms with E-state index in [0.29, 0.717) is 0 Å². The van der Waals surface area contributed by atoms with E-state index in [4.69, 9.17) is 0 Å². The second kappa shape index (κ2) is 8.34. The summed E-state index contributed by atoms with van der Waals surface area (Å²) in [6.07, 6.45) is 3.84. The zero-order chi connectivity index (χ0) is 20.8. The molecule has 0 atom stereocenters. The summed E-state index contributed by atoms with van der Waals surface area (Å²) in [4.78, 5) is 44.5. The minimum Gasteiger partial charge on any atom is -0.334 e. The second-order valence-electron chi connectivity index (χ2n) is 5.43. The zero-order valence-corrected chi connectivity index (χ0v) is 14.5. The molecule has 0 saturated heterocycles. The van der Waals surface area contributed by atoms with Crippen molar-refractivity contribution >= 4 is 34.6 Å². The van der Waals surface area contributed by atoms with Gasteiger partial charge in [0.1, 0.15) is 6.33 Å². The SMILES string of the molecule is O=C(NNc1ncnc(Nc2cccc([N+](=O)[O-])c2)c1[N+](=O)[O-])c1cccnc1. The first-order valence-electron chi connectivity index (χ1n) is 7.93. The number of benzene rings is 1. The molecule has 3 N–H and O–H groups in total. The zero-order valence-electron chi connectivity index (χ0n) is 14.5. The quantitative estimate of drug-likeness (QED) is 0.396. The molecule has 1 aromatic carbocycles. The predicted molar refractivity (Wildman–Crippen MR) is 100 cm³/mol. The van der Waals surface area contributed by atoms with Crippen LogP contribution in [0.1, 0.15) is 10.4 Å². The highest BCUT2D eigenvalue weighted by molar-refractivity contribution is 5.94. The van der Waals surface area contributed by atoms with E-state index in [1.807, 2.05) is 0 Å². The molecule has 29 heavy (non-hydrogen) atoms. The first-order chi connectivity index (χ1) is 14.0. The number of aromatic nitrogens is 3. The third-order valence-electron chi connectivity index (χ3n) is 3.54. The molecule has 0 aliphatic carbocycles. The number of anilines is 3. The lowest BCUT2D eigenvalue weighted by Gasteiger charge is -2.10. The molecule has 0 radical (unpaired) electrons. The van der Waals surface area contributed by atoms with Crippen LogP contribution in [-0.2, 0) is 0 Å². The summed E-state index contributed by atoms with van der Waals surface area (Å²) in [6.45, 7) is 0. The highest BCUT2D eigenvalue weighted by Crippen LogP contribution is 2.31. The van der Waals surface area contributed by atoms with Gasteiger partial charge in [0.15, 0.2) is 0 Å². The van der Waals surface area contributed by atoms with Crippen molar-refractivity contribution in [2.24, 2.45) is 0 Å². The number of hydrazine groups is 1. The van der Waals surface area contributed by atoms with Gasteiger partial charge in [-0.3, -0.25) is 40.9 Å². The van der Waals surface area contributed by atoms with Crippen LogP contribution in [0.5, 0.6) is 0 Å². The number of nitro groups is 2. The van der Waals surface area contributed by atoms with Crippen LogP contribution >= 0.6 is 0 Å². The smallest absolute Gasteiger partial charge is 0.334 e. The van der Waals surface area contributed by atoms with Crippen LogP contribution in [0, 0.1) is 20.2 Å². The fourth-order valence-electron chi connectivity index (χ4n) is 2.25. The summed E-state index contributed by atoms with van der Waals surface area (Å²) in [6, 6.07) is 8.44. The topological polar surface area (TPSA) is 178 Å². The van der Waals surface area contributed by atoms with E-state index in [9.17, 15) is 25.0 Å². The summed E-state index contributed by atoms with van der Waals surface area (Å²) in [5.41, 5.74) is 4.34. The average Bonchev–Trinajstić information content (AvgIpc) is 2.72. The number of non-ortho nitro benzene ring substituents is 1. The molecule has 0 aliphatic rings. The molecule has 0 unspecified atom stereocenters. The summed E-state index contributed by atoms with van der Waals surface area (Å²) < 4.78 is 0. The van der Waals surface area contributed by atoms with Gasteiger partial charge in [0.05, 0.1) is 15.4 Å². The van der Waals surface area contributed by atoms with E-state index in [0.717, 1.165) is 6.33 Å². The fraction of sp³-hybridized carbons (Fsp3) is 0. The Kier molecular flexibility index (Phi) is 5.49. The Morgan fingerprint density at radius 1 is 1.00 bits per heavy atom. The molecule has 0 saturated carbocycles. The van der Waals surface area contributed by atoms with Gasteiger partial charge in [-0.25, -0.2) is 9.97 Å². The van der Waals surface area contributed by atoms with Crippen LogP contribution in [0.3, 0.4) is 0 Å². The highest BCUT2D eigenvalue weighted by Gasteiger charge is 2.24. The number of nitrogens with zero attached hydrogens (tertiary/aromatic N) is 5. The van der Waals surface area contributed by atoms with Crippen LogP contribution < -0.4 is 16.2 Å². The van der Waals surface area contributed by atoms with E-state index in [1.54, 1.807) is 6.07 Å². The molecule has 1 amide bonds. The summed E-state index contributed by atoms with van der Waals surface area (Å²) in [5.74, 6) is -1.09. The van der Waals surface area contributed by atoms with Crippen molar-refractivity contribution in [3.63, 3.8) is 0 Å². The summed E-state index contributed by atoms with van der Waals surface area (Å²) in [5, 5.41) is 25.1. The lowest BCUT2D eigenvalue weighted by atomic mass is 10.2. The number of nitro benzene ring substituents is 1. The molecule has 146 valence electrons. The Morgan fingerprint density at radius 3 is 2.48 bits per heavy atom. The molecule has 13 nitrogen and oxygen atoms in total. The Morgan fingerprint density at radius 2 is 1.79 bits per heavy atom. The largest absolute Gasteiger partial charge is 0.355 e.